The van der Waals surface area contributed by atoms with Crippen LogP contribution in [0.15, 0.2) is 77.1 Å². The third-order valence-electron chi connectivity index (χ3n) is 5.49. The predicted molar refractivity (Wildman–Crippen MR) is 122 cm³/mol. The first-order chi connectivity index (χ1) is 15.8. The summed E-state index contributed by atoms with van der Waals surface area (Å²) in [6, 6.07) is 15.8. The molecule has 0 bridgehead atoms. The van der Waals surface area contributed by atoms with E-state index in [1.807, 2.05) is 30.3 Å². The van der Waals surface area contributed by atoms with Crippen LogP contribution in [0.2, 0.25) is 0 Å². The number of nitrogens with one attached hydrogen (secondary N) is 1. The summed E-state index contributed by atoms with van der Waals surface area (Å²) in [6.07, 6.45) is 1.39. The Labute approximate surface area is 192 Å². The molecular formula is C25H26N2O6. The van der Waals surface area contributed by atoms with Crippen LogP contribution in [0.3, 0.4) is 0 Å². The van der Waals surface area contributed by atoms with Crippen molar-refractivity contribution in [2.45, 2.75) is 32.6 Å². The number of methoxy groups -OCH3 is 1. The Kier molecular flexibility index (Phi) is 7.61. The van der Waals surface area contributed by atoms with Gasteiger partial charge in [-0.25, -0.2) is 9.59 Å². The van der Waals surface area contributed by atoms with Crippen LogP contribution in [0.25, 0.3) is 0 Å². The van der Waals surface area contributed by atoms with Crippen molar-refractivity contribution in [3.05, 3.63) is 98.4 Å². The Morgan fingerprint density at radius 1 is 1.00 bits per heavy atom. The molecule has 0 amide bonds. The predicted octanol–water partition coefficient (Wildman–Crippen LogP) is 4.18. The lowest BCUT2D eigenvalue weighted by molar-refractivity contribution is -0.384. The number of hydrogen-bond acceptors (Lipinski definition) is 7. The van der Waals surface area contributed by atoms with E-state index in [-0.39, 0.29) is 23.4 Å². The minimum Gasteiger partial charge on any atom is -0.466 e. The number of carbonyl (C=O) groups is 2. The van der Waals surface area contributed by atoms with E-state index in [0.29, 0.717) is 23.4 Å². The number of benzene rings is 2. The lowest BCUT2D eigenvalue weighted by atomic mass is 9.80. The number of non-ortho nitro benzene ring substituents is 1. The Bertz CT molecular complexity index is 1120. The van der Waals surface area contributed by atoms with Crippen molar-refractivity contribution < 1.29 is 24.0 Å². The van der Waals surface area contributed by atoms with Crippen LogP contribution < -0.4 is 5.32 Å². The maximum absolute atomic E-state index is 13.2. The number of nitro benzene ring substituents is 1. The van der Waals surface area contributed by atoms with Crippen molar-refractivity contribution in [3.63, 3.8) is 0 Å². The molecule has 0 saturated carbocycles. The van der Waals surface area contributed by atoms with E-state index in [9.17, 15) is 19.7 Å². The van der Waals surface area contributed by atoms with Gasteiger partial charge in [0.15, 0.2) is 0 Å². The normalized spacial score (nSPS) is 15.7. The summed E-state index contributed by atoms with van der Waals surface area (Å²) in [6.45, 7) is 3.60. The highest BCUT2D eigenvalue weighted by molar-refractivity contribution is 5.99. The lowest BCUT2D eigenvalue weighted by Crippen LogP contribution is -2.32. The zero-order valence-electron chi connectivity index (χ0n) is 18.8. The maximum Gasteiger partial charge on any atom is 0.336 e. The van der Waals surface area contributed by atoms with E-state index in [0.717, 1.165) is 12.0 Å². The zero-order chi connectivity index (χ0) is 24.0. The lowest BCUT2D eigenvalue weighted by Gasteiger charge is -2.30. The number of rotatable bonds is 8. The molecule has 8 nitrogen and oxygen atoms in total. The van der Waals surface area contributed by atoms with Crippen LogP contribution in [0.5, 0.6) is 0 Å². The van der Waals surface area contributed by atoms with Gasteiger partial charge in [0.1, 0.15) is 0 Å². The quantitative estimate of drug-likeness (QED) is 0.278. The molecule has 172 valence electrons. The van der Waals surface area contributed by atoms with Crippen molar-refractivity contribution in [2.24, 2.45) is 0 Å². The van der Waals surface area contributed by atoms with Gasteiger partial charge in [0, 0.05) is 23.5 Å². The number of esters is 2. The van der Waals surface area contributed by atoms with Crippen molar-refractivity contribution in [1.82, 2.24) is 5.32 Å². The first-order valence-electron chi connectivity index (χ1n) is 10.6. The van der Waals surface area contributed by atoms with Crippen LogP contribution in [0.1, 0.15) is 37.3 Å². The molecule has 8 heteroatoms. The van der Waals surface area contributed by atoms with Gasteiger partial charge in [0.05, 0.1) is 35.7 Å². The van der Waals surface area contributed by atoms with Crippen molar-refractivity contribution in [1.29, 1.82) is 0 Å². The molecule has 33 heavy (non-hydrogen) atoms. The Balaban J connectivity index is 1.89. The van der Waals surface area contributed by atoms with Crippen LogP contribution in [-0.2, 0) is 25.5 Å². The number of dihydropyridines is 1. The molecule has 0 spiro atoms. The summed E-state index contributed by atoms with van der Waals surface area (Å²) in [5.74, 6) is -2.07. The number of nitro groups is 1. The number of allylic oxidation sites excluding steroid dienone is 2. The van der Waals surface area contributed by atoms with E-state index >= 15 is 0 Å². The molecule has 1 aliphatic rings. The highest BCUT2D eigenvalue weighted by atomic mass is 16.6. The van der Waals surface area contributed by atoms with Gasteiger partial charge in [-0.1, -0.05) is 42.5 Å². The molecule has 0 aromatic heterocycles. The summed E-state index contributed by atoms with van der Waals surface area (Å²) < 4.78 is 10.5. The molecule has 1 aliphatic heterocycles. The van der Waals surface area contributed by atoms with Crippen molar-refractivity contribution in [2.75, 3.05) is 13.7 Å². The molecule has 2 aromatic rings. The molecule has 1 heterocycles. The summed E-state index contributed by atoms with van der Waals surface area (Å²) in [5, 5.41) is 14.4. The van der Waals surface area contributed by atoms with Gasteiger partial charge in [-0.2, -0.15) is 0 Å². The monoisotopic (exact) mass is 450 g/mol. The zero-order valence-corrected chi connectivity index (χ0v) is 18.8. The van der Waals surface area contributed by atoms with Gasteiger partial charge in [-0.3, -0.25) is 10.1 Å². The van der Waals surface area contributed by atoms with Crippen molar-refractivity contribution in [3.8, 4) is 0 Å². The van der Waals surface area contributed by atoms with E-state index in [1.165, 1.54) is 25.3 Å². The highest BCUT2D eigenvalue weighted by Crippen LogP contribution is 2.40. The number of hydrogen-bond donors (Lipinski definition) is 1. The number of aryl methyl sites for hydroxylation is 1. The minimum atomic E-state index is -0.861. The molecule has 3 rings (SSSR count). The third-order valence-corrected chi connectivity index (χ3v) is 5.49. The average molecular weight is 450 g/mol. The molecule has 0 aliphatic carbocycles. The number of ether oxygens (including phenoxy) is 2. The minimum absolute atomic E-state index is 0.138. The van der Waals surface area contributed by atoms with E-state index in [4.69, 9.17) is 9.47 Å². The fourth-order valence-electron chi connectivity index (χ4n) is 3.96. The SMILES string of the molecule is COC(=O)C1=C(C)NC(C)=C(C(=O)OCCCc2ccccc2)C1c1cccc([N+](=O)[O-])c1. The third kappa shape index (κ3) is 5.46. The van der Waals surface area contributed by atoms with Crippen LogP contribution in [0.4, 0.5) is 5.69 Å². The van der Waals surface area contributed by atoms with Gasteiger partial charge in [0.25, 0.3) is 5.69 Å². The van der Waals surface area contributed by atoms with Gasteiger partial charge in [0.2, 0.25) is 0 Å². The van der Waals surface area contributed by atoms with E-state index < -0.39 is 22.8 Å². The fraction of sp³-hybridized carbons (Fsp3) is 0.280. The largest absolute Gasteiger partial charge is 0.466 e. The van der Waals surface area contributed by atoms with E-state index in [2.05, 4.69) is 5.32 Å². The molecule has 1 atom stereocenters. The highest BCUT2D eigenvalue weighted by Gasteiger charge is 2.38. The van der Waals surface area contributed by atoms with Crippen LogP contribution in [-0.4, -0.2) is 30.6 Å². The second kappa shape index (κ2) is 10.6. The first-order valence-corrected chi connectivity index (χ1v) is 10.6. The Morgan fingerprint density at radius 3 is 2.30 bits per heavy atom. The van der Waals surface area contributed by atoms with Gasteiger partial charge in [-0.15, -0.1) is 0 Å². The fourth-order valence-corrected chi connectivity index (χ4v) is 3.96. The Morgan fingerprint density at radius 2 is 1.67 bits per heavy atom. The van der Waals surface area contributed by atoms with Crippen molar-refractivity contribution >= 4 is 17.6 Å². The van der Waals surface area contributed by atoms with Crippen LogP contribution in [0, 0.1) is 10.1 Å². The number of carbonyl (C=O) groups excluding carboxylic acids is 2. The first kappa shape index (κ1) is 23.7. The Hall–Kier alpha value is -3.94. The van der Waals surface area contributed by atoms with Crippen LogP contribution >= 0.6 is 0 Å². The van der Waals surface area contributed by atoms with Gasteiger partial charge in [-0.05, 0) is 37.8 Å². The van der Waals surface area contributed by atoms with Gasteiger partial charge >= 0.3 is 11.9 Å². The smallest absolute Gasteiger partial charge is 0.336 e. The number of nitrogens with zero attached hydrogens (tertiary/aromatic N) is 1. The standard InChI is InChI=1S/C25H26N2O6/c1-16-21(24(28)32-3)23(19-12-7-13-20(15-19)27(30)31)22(17(2)26-16)25(29)33-14-8-11-18-9-5-4-6-10-18/h4-7,9-10,12-13,15,23,26H,8,11,14H2,1-3H3. The van der Waals surface area contributed by atoms with E-state index in [1.54, 1.807) is 19.9 Å². The van der Waals surface area contributed by atoms with Gasteiger partial charge < -0.3 is 14.8 Å². The second-order valence-electron chi connectivity index (χ2n) is 7.70. The average Bonchev–Trinajstić information content (AvgIpc) is 2.81. The molecule has 0 fully saturated rings. The summed E-state index contributed by atoms with van der Waals surface area (Å²) in [5.41, 5.74) is 2.90. The molecular weight excluding hydrogens is 424 g/mol. The maximum atomic E-state index is 13.2. The summed E-state index contributed by atoms with van der Waals surface area (Å²) >= 11 is 0. The molecule has 0 saturated heterocycles. The topological polar surface area (TPSA) is 108 Å². The molecule has 1 unspecified atom stereocenters. The molecule has 2 aromatic carbocycles. The summed E-state index contributed by atoms with van der Waals surface area (Å²) in [7, 11) is 1.25. The second-order valence-corrected chi connectivity index (χ2v) is 7.70. The molecule has 0 radical (unpaired) electrons. The summed E-state index contributed by atoms with van der Waals surface area (Å²) in [4.78, 5) is 36.6. The molecule has 1 N–H and O–H groups in total.